The Bertz CT molecular complexity index is 521. The van der Waals surface area contributed by atoms with Gasteiger partial charge in [0.2, 0.25) is 0 Å². The van der Waals surface area contributed by atoms with E-state index < -0.39 is 24.0 Å². The summed E-state index contributed by atoms with van der Waals surface area (Å²) in [5.74, 6) is -1.30. The second-order valence-electron chi connectivity index (χ2n) is 4.33. The third-order valence-electron chi connectivity index (χ3n) is 2.62. The van der Waals surface area contributed by atoms with Gasteiger partial charge in [0.25, 0.3) is 0 Å². The van der Waals surface area contributed by atoms with Crippen LogP contribution in [0.15, 0.2) is 24.3 Å². The maximum Gasteiger partial charge on any atom is 0.513 e. The molecule has 0 aliphatic carbocycles. The van der Waals surface area contributed by atoms with Crippen LogP contribution < -0.4 is 4.74 Å². The third-order valence-corrected chi connectivity index (χ3v) is 2.62. The van der Waals surface area contributed by atoms with Crippen molar-refractivity contribution in [3.05, 3.63) is 29.8 Å². The molecule has 1 atom stereocenters. The van der Waals surface area contributed by atoms with Crippen molar-refractivity contribution >= 4 is 18.1 Å². The predicted molar refractivity (Wildman–Crippen MR) is 75.6 cm³/mol. The summed E-state index contributed by atoms with van der Waals surface area (Å²) in [6.07, 6.45) is -0.943. The molecule has 0 saturated heterocycles. The smallest absolute Gasteiger partial charge is 0.466 e. The highest BCUT2D eigenvalue weighted by atomic mass is 16.7. The Kier molecular flexibility index (Phi) is 6.88. The predicted octanol–water partition coefficient (Wildman–Crippen LogP) is 2.19. The van der Waals surface area contributed by atoms with Gasteiger partial charge in [-0.15, -0.1) is 0 Å². The Labute approximate surface area is 128 Å². The lowest BCUT2D eigenvalue weighted by atomic mass is 10.2. The van der Waals surface area contributed by atoms with E-state index in [9.17, 15) is 14.4 Å². The first kappa shape index (κ1) is 17.5. The number of carbonyl (C=O) groups excluding carboxylic acids is 3. The molecule has 7 heteroatoms. The molecule has 0 fully saturated rings. The van der Waals surface area contributed by atoms with Crippen LogP contribution in [0.2, 0.25) is 0 Å². The summed E-state index contributed by atoms with van der Waals surface area (Å²) < 4.78 is 19.1. The lowest BCUT2D eigenvalue weighted by molar-refractivity contribution is -0.148. The first-order chi connectivity index (χ1) is 10.5. The zero-order chi connectivity index (χ0) is 16.5. The number of carbonyl (C=O) groups is 3. The number of hydrogen-bond acceptors (Lipinski definition) is 7. The van der Waals surface area contributed by atoms with Crippen molar-refractivity contribution < 1.29 is 33.3 Å². The SMILES string of the molecule is CCOC(=O)C(C)COC(=O)Oc1ccc(C(=O)OC)cc1. The van der Waals surface area contributed by atoms with Crippen molar-refractivity contribution in [2.45, 2.75) is 13.8 Å². The Morgan fingerprint density at radius 3 is 2.27 bits per heavy atom. The Hall–Kier alpha value is -2.57. The Balaban J connectivity index is 2.45. The molecule has 120 valence electrons. The van der Waals surface area contributed by atoms with Crippen LogP contribution >= 0.6 is 0 Å². The molecular weight excluding hydrogens is 292 g/mol. The molecule has 0 amide bonds. The fourth-order valence-corrected chi connectivity index (χ4v) is 1.45. The van der Waals surface area contributed by atoms with Crippen LogP contribution in [0.4, 0.5) is 4.79 Å². The summed E-state index contributed by atoms with van der Waals surface area (Å²) >= 11 is 0. The second-order valence-corrected chi connectivity index (χ2v) is 4.33. The number of esters is 2. The van der Waals surface area contributed by atoms with Crippen LogP contribution in [0.3, 0.4) is 0 Å². The molecule has 0 saturated carbocycles. The Morgan fingerprint density at radius 1 is 1.09 bits per heavy atom. The number of methoxy groups -OCH3 is 1. The number of ether oxygens (including phenoxy) is 4. The minimum Gasteiger partial charge on any atom is -0.466 e. The minimum atomic E-state index is -0.943. The van der Waals surface area contributed by atoms with Gasteiger partial charge < -0.3 is 18.9 Å². The van der Waals surface area contributed by atoms with Gasteiger partial charge >= 0.3 is 18.1 Å². The van der Waals surface area contributed by atoms with Crippen LogP contribution in [0, 0.1) is 5.92 Å². The van der Waals surface area contributed by atoms with Crippen molar-refractivity contribution in [2.75, 3.05) is 20.3 Å². The summed E-state index contributed by atoms with van der Waals surface area (Å²) in [4.78, 5) is 34.1. The lowest BCUT2D eigenvalue weighted by Crippen LogP contribution is -2.23. The van der Waals surface area contributed by atoms with Gasteiger partial charge in [0.1, 0.15) is 12.4 Å². The van der Waals surface area contributed by atoms with Crippen molar-refractivity contribution in [2.24, 2.45) is 5.92 Å². The molecule has 1 aromatic carbocycles. The van der Waals surface area contributed by atoms with E-state index in [-0.39, 0.29) is 19.0 Å². The number of rotatable bonds is 6. The fourth-order valence-electron chi connectivity index (χ4n) is 1.45. The first-order valence-corrected chi connectivity index (χ1v) is 6.67. The molecule has 1 unspecified atom stereocenters. The largest absolute Gasteiger partial charge is 0.513 e. The van der Waals surface area contributed by atoms with Crippen molar-refractivity contribution in [1.29, 1.82) is 0 Å². The molecule has 22 heavy (non-hydrogen) atoms. The van der Waals surface area contributed by atoms with Crippen LogP contribution in [-0.4, -0.2) is 38.4 Å². The van der Waals surface area contributed by atoms with Crippen molar-refractivity contribution in [3.8, 4) is 5.75 Å². The summed E-state index contributed by atoms with van der Waals surface area (Å²) in [5.41, 5.74) is 0.333. The molecule has 0 spiro atoms. The van der Waals surface area contributed by atoms with Gasteiger partial charge in [-0.2, -0.15) is 0 Å². The molecule has 0 N–H and O–H groups in total. The van der Waals surface area contributed by atoms with Gasteiger partial charge in [-0.1, -0.05) is 0 Å². The molecule has 0 heterocycles. The van der Waals surface area contributed by atoms with Crippen LogP contribution in [0.1, 0.15) is 24.2 Å². The third kappa shape index (κ3) is 5.43. The van der Waals surface area contributed by atoms with Crippen molar-refractivity contribution in [3.63, 3.8) is 0 Å². The zero-order valence-electron chi connectivity index (χ0n) is 12.7. The maximum absolute atomic E-state index is 11.5. The molecule has 0 aromatic heterocycles. The summed E-state index contributed by atoms with van der Waals surface area (Å²) in [6, 6.07) is 5.77. The van der Waals surface area contributed by atoms with Crippen LogP contribution in [-0.2, 0) is 19.0 Å². The van der Waals surface area contributed by atoms with Crippen LogP contribution in [0.5, 0.6) is 5.75 Å². The molecule has 0 aliphatic heterocycles. The minimum absolute atomic E-state index is 0.141. The standard InChI is InChI=1S/C15H18O7/c1-4-20-13(16)10(2)9-21-15(18)22-12-7-5-11(6-8-12)14(17)19-3/h5-8,10H,4,9H2,1-3H3. The van der Waals surface area contributed by atoms with E-state index in [1.165, 1.54) is 31.4 Å². The summed E-state index contributed by atoms with van der Waals surface area (Å²) in [6.45, 7) is 3.40. The number of benzene rings is 1. The van der Waals surface area contributed by atoms with Gasteiger partial charge in [0.05, 0.1) is 25.2 Å². The van der Waals surface area contributed by atoms with Gasteiger partial charge in [-0.05, 0) is 38.1 Å². The van der Waals surface area contributed by atoms with E-state index in [1.54, 1.807) is 13.8 Å². The highest BCUT2D eigenvalue weighted by molar-refractivity contribution is 5.89. The molecule has 1 aromatic rings. The van der Waals surface area contributed by atoms with E-state index in [1.807, 2.05) is 0 Å². The van der Waals surface area contributed by atoms with E-state index in [2.05, 4.69) is 4.74 Å². The second kappa shape index (κ2) is 8.66. The average Bonchev–Trinajstić information content (AvgIpc) is 2.52. The monoisotopic (exact) mass is 310 g/mol. The maximum atomic E-state index is 11.5. The lowest BCUT2D eigenvalue weighted by Gasteiger charge is -2.11. The quantitative estimate of drug-likeness (QED) is 0.452. The molecular formula is C15H18O7. The molecule has 0 bridgehead atoms. The highest BCUT2D eigenvalue weighted by Crippen LogP contribution is 2.14. The van der Waals surface area contributed by atoms with E-state index in [4.69, 9.17) is 14.2 Å². The van der Waals surface area contributed by atoms with Crippen molar-refractivity contribution in [1.82, 2.24) is 0 Å². The number of hydrogen-bond donors (Lipinski definition) is 0. The summed E-state index contributed by atoms with van der Waals surface area (Å²) in [7, 11) is 1.27. The van der Waals surface area contributed by atoms with E-state index in [0.717, 1.165) is 0 Å². The van der Waals surface area contributed by atoms with Gasteiger partial charge in [-0.25, -0.2) is 9.59 Å². The Morgan fingerprint density at radius 2 is 1.73 bits per heavy atom. The summed E-state index contributed by atoms with van der Waals surface area (Å²) in [5, 5.41) is 0. The molecule has 0 aliphatic rings. The normalized spacial score (nSPS) is 11.2. The fraction of sp³-hybridized carbons (Fsp3) is 0.400. The average molecular weight is 310 g/mol. The van der Waals surface area contributed by atoms with E-state index >= 15 is 0 Å². The first-order valence-electron chi connectivity index (χ1n) is 6.67. The zero-order valence-corrected chi connectivity index (χ0v) is 12.7. The molecule has 1 rings (SSSR count). The highest BCUT2D eigenvalue weighted by Gasteiger charge is 2.17. The van der Waals surface area contributed by atoms with Gasteiger partial charge in [0, 0.05) is 0 Å². The van der Waals surface area contributed by atoms with E-state index in [0.29, 0.717) is 5.56 Å². The van der Waals surface area contributed by atoms with Crippen LogP contribution in [0.25, 0.3) is 0 Å². The van der Waals surface area contributed by atoms with Gasteiger partial charge in [0.15, 0.2) is 0 Å². The molecule has 7 nitrogen and oxygen atoms in total. The topological polar surface area (TPSA) is 88.1 Å². The molecule has 0 radical (unpaired) electrons. The van der Waals surface area contributed by atoms with Gasteiger partial charge in [-0.3, -0.25) is 4.79 Å².